The number of sulfonamides is 1. The number of hydrogen-bond acceptors (Lipinski definition) is 4. The van der Waals surface area contributed by atoms with Crippen LogP contribution >= 0.6 is 0 Å². The smallest absolute Gasteiger partial charge is 0.248 e. The van der Waals surface area contributed by atoms with E-state index >= 15 is 0 Å². The Bertz CT molecular complexity index is 947. The lowest BCUT2D eigenvalue weighted by molar-refractivity contribution is -0.111. The number of rotatable bonds is 8. The lowest BCUT2D eigenvalue weighted by Gasteiger charge is -2.18. The van der Waals surface area contributed by atoms with Crippen LogP contribution in [0.5, 0.6) is 5.75 Å². The first-order valence-electron chi connectivity index (χ1n) is 9.05. The van der Waals surface area contributed by atoms with Crippen molar-refractivity contribution in [3.05, 3.63) is 59.7 Å². The van der Waals surface area contributed by atoms with E-state index in [0.29, 0.717) is 24.5 Å². The maximum atomic E-state index is 12.5. The van der Waals surface area contributed by atoms with Gasteiger partial charge in [0.25, 0.3) is 0 Å². The number of methoxy groups -OCH3 is 1. The summed E-state index contributed by atoms with van der Waals surface area (Å²) in [5.41, 5.74) is 2.33. The summed E-state index contributed by atoms with van der Waals surface area (Å²) in [6.07, 6.45) is 3.03. The molecule has 0 bridgehead atoms. The molecule has 0 radical (unpaired) electrons. The van der Waals surface area contributed by atoms with E-state index in [1.54, 1.807) is 57.4 Å². The maximum absolute atomic E-state index is 12.5. The van der Waals surface area contributed by atoms with Gasteiger partial charge < -0.3 is 10.1 Å². The molecule has 0 atom stereocenters. The molecule has 0 aliphatic carbocycles. The second kappa shape index (κ2) is 9.52. The Hall–Kier alpha value is -2.64. The molecule has 0 saturated carbocycles. The number of carbonyl (C=O) groups excluding carboxylic acids is 1. The predicted molar refractivity (Wildman–Crippen MR) is 112 cm³/mol. The molecule has 0 aliphatic rings. The van der Waals surface area contributed by atoms with Gasteiger partial charge in [-0.15, -0.1) is 0 Å². The minimum Gasteiger partial charge on any atom is -0.495 e. The summed E-state index contributed by atoms with van der Waals surface area (Å²) < 4.78 is 31.6. The van der Waals surface area contributed by atoms with Crippen LogP contribution in [0.4, 0.5) is 5.69 Å². The minimum absolute atomic E-state index is 0.238. The number of ether oxygens (including phenoxy) is 1. The number of carbonyl (C=O) groups is 1. The molecule has 0 fully saturated rings. The van der Waals surface area contributed by atoms with Crippen molar-refractivity contribution in [3.8, 4) is 5.75 Å². The van der Waals surface area contributed by atoms with Crippen molar-refractivity contribution >= 4 is 27.7 Å². The van der Waals surface area contributed by atoms with Gasteiger partial charge in [-0.25, -0.2) is 8.42 Å². The van der Waals surface area contributed by atoms with E-state index in [0.717, 1.165) is 11.1 Å². The highest BCUT2D eigenvalue weighted by Gasteiger charge is 2.20. The fourth-order valence-corrected chi connectivity index (χ4v) is 4.19. The van der Waals surface area contributed by atoms with Crippen molar-refractivity contribution in [1.29, 1.82) is 0 Å². The third kappa shape index (κ3) is 5.21. The first-order valence-corrected chi connectivity index (χ1v) is 10.5. The fraction of sp³-hybridized carbons (Fsp3) is 0.286. The molecule has 0 aliphatic heterocycles. The van der Waals surface area contributed by atoms with Crippen molar-refractivity contribution in [2.45, 2.75) is 25.7 Å². The summed E-state index contributed by atoms with van der Waals surface area (Å²) in [6.45, 7) is 6.38. The largest absolute Gasteiger partial charge is 0.495 e. The summed E-state index contributed by atoms with van der Waals surface area (Å²) >= 11 is 0. The number of benzene rings is 2. The normalized spacial score (nSPS) is 11.8. The number of nitrogens with zero attached hydrogens (tertiary/aromatic N) is 1. The Morgan fingerprint density at radius 3 is 2.32 bits per heavy atom. The average molecular weight is 403 g/mol. The van der Waals surface area contributed by atoms with Crippen molar-refractivity contribution in [2.75, 3.05) is 25.5 Å². The molecule has 6 nitrogen and oxygen atoms in total. The standard InChI is InChI=1S/C21H26N2O4S/c1-5-23(6-2)28(25,26)18-11-8-17(9-12-18)10-14-21(24)22-19-15-16(3)7-13-20(19)27-4/h7-15H,5-6H2,1-4H3,(H,22,24)/b14-10+. The Morgan fingerprint density at radius 2 is 1.75 bits per heavy atom. The van der Waals surface area contributed by atoms with Crippen molar-refractivity contribution < 1.29 is 17.9 Å². The van der Waals surface area contributed by atoms with E-state index in [4.69, 9.17) is 4.74 Å². The zero-order valence-electron chi connectivity index (χ0n) is 16.6. The van der Waals surface area contributed by atoms with Crippen molar-refractivity contribution in [3.63, 3.8) is 0 Å². The van der Waals surface area contributed by atoms with Crippen LogP contribution in [0.2, 0.25) is 0 Å². The van der Waals surface area contributed by atoms with E-state index in [9.17, 15) is 13.2 Å². The van der Waals surface area contributed by atoms with Gasteiger partial charge in [0.05, 0.1) is 17.7 Å². The molecule has 0 unspecified atom stereocenters. The molecule has 0 spiro atoms. The van der Waals surface area contributed by atoms with E-state index < -0.39 is 10.0 Å². The molecule has 7 heteroatoms. The summed E-state index contributed by atoms with van der Waals surface area (Å²) in [6, 6.07) is 12.0. The van der Waals surface area contributed by atoms with Crippen LogP contribution in [0, 0.1) is 6.92 Å². The Kier molecular flexibility index (Phi) is 7.37. The zero-order valence-corrected chi connectivity index (χ0v) is 17.4. The highest BCUT2D eigenvalue weighted by atomic mass is 32.2. The van der Waals surface area contributed by atoms with Gasteiger partial charge in [-0.3, -0.25) is 4.79 Å². The Morgan fingerprint density at radius 1 is 1.11 bits per heavy atom. The van der Waals surface area contributed by atoms with Gasteiger partial charge >= 0.3 is 0 Å². The summed E-state index contributed by atoms with van der Waals surface area (Å²) in [4.78, 5) is 12.4. The van der Waals surface area contributed by atoms with Crippen LogP contribution in [-0.4, -0.2) is 38.8 Å². The van der Waals surface area contributed by atoms with Crippen LogP contribution in [0.3, 0.4) is 0 Å². The molecule has 28 heavy (non-hydrogen) atoms. The quantitative estimate of drug-likeness (QED) is 0.684. The molecule has 0 aromatic heterocycles. The molecule has 1 N–H and O–H groups in total. The first kappa shape index (κ1) is 21.7. The van der Waals surface area contributed by atoms with Gasteiger partial charge in [-0.05, 0) is 48.4 Å². The monoisotopic (exact) mass is 402 g/mol. The SMILES string of the molecule is CCN(CC)S(=O)(=O)c1ccc(/C=C/C(=O)Nc2cc(C)ccc2OC)cc1. The predicted octanol–water partition coefficient (Wildman–Crippen LogP) is 3.69. The van der Waals surface area contributed by atoms with E-state index in [2.05, 4.69) is 5.32 Å². The third-order valence-corrected chi connectivity index (χ3v) is 6.33. The number of nitrogens with one attached hydrogen (secondary N) is 1. The molecular formula is C21H26N2O4S. The average Bonchev–Trinajstić information content (AvgIpc) is 2.67. The second-order valence-electron chi connectivity index (χ2n) is 6.18. The second-order valence-corrected chi connectivity index (χ2v) is 8.12. The fourth-order valence-electron chi connectivity index (χ4n) is 2.73. The molecule has 2 aromatic carbocycles. The summed E-state index contributed by atoms with van der Waals surface area (Å²) in [5.74, 6) is 0.280. The first-order chi connectivity index (χ1) is 13.3. The lowest BCUT2D eigenvalue weighted by atomic mass is 10.2. The Balaban J connectivity index is 2.11. The topological polar surface area (TPSA) is 75.7 Å². The highest BCUT2D eigenvalue weighted by molar-refractivity contribution is 7.89. The van der Waals surface area contributed by atoms with E-state index in [1.165, 1.54) is 10.4 Å². The summed E-state index contributed by atoms with van der Waals surface area (Å²) in [7, 11) is -1.94. The van der Waals surface area contributed by atoms with Crippen molar-refractivity contribution in [1.82, 2.24) is 4.31 Å². The number of aryl methyl sites for hydroxylation is 1. The van der Waals surface area contributed by atoms with Gasteiger partial charge in [0.1, 0.15) is 5.75 Å². The van der Waals surface area contributed by atoms with Crippen LogP contribution in [0.15, 0.2) is 53.4 Å². The molecule has 1 amide bonds. The van der Waals surface area contributed by atoms with Gasteiger partial charge in [0.2, 0.25) is 15.9 Å². The molecular weight excluding hydrogens is 376 g/mol. The molecule has 150 valence electrons. The number of amides is 1. The highest BCUT2D eigenvalue weighted by Crippen LogP contribution is 2.25. The lowest BCUT2D eigenvalue weighted by Crippen LogP contribution is -2.30. The van der Waals surface area contributed by atoms with Gasteiger partial charge in [0, 0.05) is 19.2 Å². The molecule has 2 rings (SSSR count). The van der Waals surface area contributed by atoms with Gasteiger partial charge in [0.15, 0.2) is 0 Å². The third-order valence-electron chi connectivity index (χ3n) is 4.26. The Labute approximate surface area is 166 Å². The van der Waals surface area contributed by atoms with E-state index in [-0.39, 0.29) is 10.8 Å². The number of hydrogen-bond donors (Lipinski definition) is 1. The van der Waals surface area contributed by atoms with Crippen LogP contribution in [0.25, 0.3) is 6.08 Å². The maximum Gasteiger partial charge on any atom is 0.248 e. The summed E-state index contributed by atoms with van der Waals surface area (Å²) in [5, 5.41) is 2.79. The van der Waals surface area contributed by atoms with Crippen LogP contribution < -0.4 is 10.1 Å². The zero-order chi connectivity index (χ0) is 20.7. The molecule has 2 aromatic rings. The minimum atomic E-state index is -3.49. The van der Waals surface area contributed by atoms with Gasteiger partial charge in [-0.1, -0.05) is 32.0 Å². The van der Waals surface area contributed by atoms with Crippen LogP contribution in [-0.2, 0) is 14.8 Å². The van der Waals surface area contributed by atoms with E-state index in [1.807, 2.05) is 19.1 Å². The van der Waals surface area contributed by atoms with Gasteiger partial charge in [-0.2, -0.15) is 4.31 Å². The number of anilines is 1. The van der Waals surface area contributed by atoms with Crippen LogP contribution in [0.1, 0.15) is 25.0 Å². The molecule has 0 heterocycles. The van der Waals surface area contributed by atoms with Crippen molar-refractivity contribution in [2.24, 2.45) is 0 Å². The molecule has 0 saturated heterocycles.